The second kappa shape index (κ2) is 6.65. The number of thiophene rings is 1. The number of sulfonamides is 1. The lowest BCUT2D eigenvalue weighted by atomic mass is 10.1. The summed E-state index contributed by atoms with van der Waals surface area (Å²) in [6.45, 7) is 5.98. The maximum Gasteiger partial charge on any atom is 0.250 e. The second-order valence-corrected chi connectivity index (χ2v) is 7.78. The molecule has 0 spiro atoms. The fourth-order valence-electron chi connectivity index (χ4n) is 1.68. The molecule has 0 aliphatic rings. The first kappa shape index (κ1) is 15.6. The number of nitrogens with one attached hydrogen (secondary N) is 1. The number of hydrogen-bond donors (Lipinski definition) is 2. The van der Waals surface area contributed by atoms with Gasteiger partial charge in [0.2, 0.25) is 10.0 Å². The summed E-state index contributed by atoms with van der Waals surface area (Å²) < 4.78 is 26.9. The van der Waals surface area contributed by atoms with Crippen molar-refractivity contribution in [1.29, 1.82) is 0 Å². The Morgan fingerprint density at radius 2 is 2.06 bits per heavy atom. The van der Waals surface area contributed by atoms with Gasteiger partial charge in [-0.2, -0.15) is 0 Å². The molecule has 1 rings (SSSR count). The standard InChI is InChI=1S/C12H21NO3S2/c1-4-11-5-6-12(17-11)18(15,16)13-8-9(2)7-10(3)14/h5-6,9-10,13-14H,4,7-8H2,1-3H3. The van der Waals surface area contributed by atoms with Crippen LogP contribution >= 0.6 is 11.3 Å². The molecular weight excluding hydrogens is 270 g/mol. The van der Waals surface area contributed by atoms with Gasteiger partial charge >= 0.3 is 0 Å². The molecule has 18 heavy (non-hydrogen) atoms. The molecule has 0 bridgehead atoms. The summed E-state index contributed by atoms with van der Waals surface area (Å²) in [5.74, 6) is 0.116. The molecule has 1 heterocycles. The van der Waals surface area contributed by atoms with Crippen LogP contribution in [-0.4, -0.2) is 26.2 Å². The summed E-state index contributed by atoms with van der Waals surface area (Å²) in [6.07, 6.45) is 1.03. The Balaban J connectivity index is 2.59. The van der Waals surface area contributed by atoms with Crippen molar-refractivity contribution in [2.45, 2.75) is 43.9 Å². The van der Waals surface area contributed by atoms with Crippen LogP contribution < -0.4 is 4.72 Å². The summed E-state index contributed by atoms with van der Waals surface area (Å²) in [5.41, 5.74) is 0. The lowest BCUT2D eigenvalue weighted by Gasteiger charge is -2.13. The summed E-state index contributed by atoms with van der Waals surface area (Å²) in [5, 5.41) is 9.23. The quantitative estimate of drug-likeness (QED) is 0.807. The summed E-state index contributed by atoms with van der Waals surface area (Å²) in [4.78, 5) is 1.06. The molecule has 0 amide bonds. The van der Waals surface area contributed by atoms with E-state index in [9.17, 15) is 13.5 Å². The molecule has 1 aromatic rings. The predicted octanol–water partition coefficient (Wildman–Crippen LogP) is 2.00. The Labute approximate surface area is 113 Å². The van der Waals surface area contributed by atoms with Crippen molar-refractivity contribution in [2.24, 2.45) is 5.92 Å². The molecule has 0 saturated carbocycles. The highest BCUT2D eigenvalue weighted by atomic mass is 32.2. The Kier molecular flexibility index (Phi) is 5.78. The van der Waals surface area contributed by atoms with E-state index < -0.39 is 16.1 Å². The van der Waals surface area contributed by atoms with Crippen LogP contribution in [0.15, 0.2) is 16.3 Å². The third-order valence-electron chi connectivity index (χ3n) is 2.62. The van der Waals surface area contributed by atoms with Gasteiger partial charge in [0.05, 0.1) is 6.10 Å². The van der Waals surface area contributed by atoms with Crippen LogP contribution in [0.1, 0.15) is 32.1 Å². The SMILES string of the molecule is CCc1ccc(S(=O)(=O)NCC(C)CC(C)O)s1. The molecule has 0 radical (unpaired) electrons. The van der Waals surface area contributed by atoms with Gasteiger partial charge in [-0.3, -0.25) is 0 Å². The minimum atomic E-state index is -3.39. The molecule has 2 unspecified atom stereocenters. The van der Waals surface area contributed by atoms with E-state index in [1.807, 2.05) is 19.9 Å². The van der Waals surface area contributed by atoms with E-state index in [1.165, 1.54) is 11.3 Å². The van der Waals surface area contributed by atoms with Crippen LogP contribution in [0.5, 0.6) is 0 Å². The molecule has 104 valence electrons. The smallest absolute Gasteiger partial charge is 0.250 e. The van der Waals surface area contributed by atoms with Crippen LogP contribution in [0.25, 0.3) is 0 Å². The molecule has 0 aliphatic heterocycles. The van der Waals surface area contributed by atoms with E-state index in [0.29, 0.717) is 17.2 Å². The zero-order valence-electron chi connectivity index (χ0n) is 11.0. The molecular formula is C12H21NO3S2. The minimum absolute atomic E-state index is 0.116. The van der Waals surface area contributed by atoms with E-state index in [-0.39, 0.29) is 5.92 Å². The normalized spacial score (nSPS) is 15.6. The number of aliphatic hydroxyl groups is 1. The molecule has 2 atom stereocenters. The monoisotopic (exact) mass is 291 g/mol. The van der Waals surface area contributed by atoms with Crippen LogP contribution in [0.4, 0.5) is 0 Å². The minimum Gasteiger partial charge on any atom is -0.393 e. The first-order valence-electron chi connectivity index (χ1n) is 6.11. The van der Waals surface area contributed by atoms with E-state index in [4.69, 9.17) is 0 Å². The van der Waals surface area contributed by atoms with Crippen molar-refractivity contribution >= 4 is 21.4 Å². The van der Waals surface area contributed by atoms with Gasteiger partial charge in [-0.05, 0) is 37.8 Å². The first-order chi connectivity index (χ1) is 8.35. The third-order valence-corrected chi connectivity index (χ3v) is 5.76. The highest BCUT2D eigenvalue weighted by Crippen LogP contribution is 2.21. The molecule has 6 heteroatoms. The van der Waals surface area contributed by atoms with Gasteiger partial charge in [0.1, 0.15) is 4.21 Å². The van der Waals surface area contributed by atoms with Crippen LogP contribution in [0.3, 0.4) is 0 Å². The second-order valence-electron chi connectivity index (χ2n) is 4.62. The van der Waals surface area contributed by atoms with E-state index in [1.54, 1.807) is 13.0 Å². The summed E-state index contributed by atoms with van der Waals surface area (Å²) >= 11 is 1.31. The van der Waals surface area contributed by atoms with Gasteiger partial charge in [0.25, 0.3) is 0 Å². The Hall–Kier alpha value is -0.430. The van der Waals surface area contributed by atoms with Gasteiger partial charge in [-0.15, -0.1) is 11.3 Å². The highest BCUT2D eigenvalue weighted by Gasteiger charge is 2.17. The molecule has 0 saturated heterocycles. The average molecular weight is 291 g/mol. The first-order valence-corrected chi connectivity index (χ1v) is 8.41. The maximum absolute atomic E-state index is 12.0. The number of aryl methyl sites for hydroxylation is 1. The van der Waals surface area contributed by atoms with Crippen molar-refractivity contribution in [1.82, 2.24) is 4.72 Å². The van der Waals surface area contributed by atoms with Crippen LogP contribution in [-0.2, 0) is 16.4 Å². The zero-order chi connectivity index (χ0) is 13.8. The Bertz CT molecular complexity index is 465. The fourth-order valence-corrected chi connectivity index (χ4v) is 4.19. The van der Waals surface area contributed by atoms with E-state index >= 15 is 0 Å². The lowest BCUT2D eigenvalue weighted by Crippen LogP contribution is -2.29. The molecule has 0 aromatic carbocycles. The molecule has 2 N–H and O–H groups in total. The van der Waals surface area contributed by atoms with E-state index in [2.05, 4.69) is 4.72 Å². The fraction of sp³-hybridized carbons (Fsp3) is 0.667. The molecule has 1 aromatic heterocycles. The summed E-state index contributed by atoms with van der Waals surface area (Å²) in [6, 6.07) is 3.49. The van der Waals surface area contributed by atoms with Gasteiger partial charge in [-0.25, -0.2) is 13.1 Å². The number of hydrogen-bond acceptors (Lipinski definition) is 4. The number of rotatable bonds is 7. The lowest BCUT2D eigenvalue weighted by molar-refractivity contribution is 0.165. The largest absolute Gasteiger partial charge is 0.393 e. The topological polar surface area (TPSA) is 66.4 Å². The molecule has 0 fully saturated rings. The zero-order valence-corrected chi connectivity index (χ0v) is 12.6. The average Bonchev–Trinajstić information content (AvgIpc) is 2.75. The van der Waals surface area contributed by atoms with Crippen molar-refractivity contribution in [3.8, 4) is 0 Å². The highest BCUT2D eigenvalue weighted by molar-refractivity contribution is 7.91. The van der Waals surface area contributed by atoms with Crippen molar-refractivity contribution in [3.05, 3.63) is 17.0 Å². The molecule has 4 nitrogen and oxygen atoms in total. The van der Waals surface area contributed by atoms with Crippen LogP contribution in [0, 0.1) is 5.92 Å². The third kappa shape index (κ3) is 4.68. The van der Waals surface area contributed by atoms with Crippen LogP contribution in [0.2, 0.25) is 0 Å². The van der Waals surface area contributed by atoms with Gasteiger partial charge in [0, 0.05) is 11.4 Å². The predicted molar refractivity (Wildman–Crippen MR) is 74.3 cm³/mol. The number of aliphatic hydroxyl groups excluding tert-OH is 1. The van der Waals surface area contributed by atoms with E-state index in [0.717, 1.165) is 11.3 Å². The van der Waals surface area contributed by atoms with Gasteiger partial charge in [0.15, 0.2) is 0 Å². The van der Waals surface area contributed by atoms with Crippen molar-refractivity contribution < 1.29 is 13.5 Å². The van der Waals surface area contributed by atoms with Gasteiger partial charge in [-0.1, -0.05) is 13.8 Å². The summed E-state index contributed by atoms with van der Waals surface area (Å²) in [7, 11) is -3.39. The van der Waals surface area contributed by atoms with Gasteiger partial charge < -0.3 is 5.11 Å². The van der Waals surface area contributed by atoms with Crippen molar-refractivity contribution in [3.63, 3.8) is 0 Å². The Morgan fingerprint density at radius 3 is 2.56 bits per heavy atom. The maximum atomic E-state index is 12.0. The van der Waals surface area contributed by atoms with Crippen molar-refractivity contribution in [2.75, 3.05) is 6.54 Å². The Morgan fingerprint density at radius 1 is 1.39 bits per heavy atom. The molecule has 0 aliphatic carbocycles.